The molecule has 0 aliphatic rings. The standard InChI is InChI=1S/C22H22BrN3O5S2/c1-3-26(4-2)33(29,30)18-10-6-8-16(12-18)21(28)31-13-20(27)25-22-24-19(14-32-22)15-7-5-9-17(23)11-15/h5-12,14H,3-4,13H2,1-2H3,(H,24,25,27). The molecule has 1 N–H and O–H groups in total. The van der Waals surface area contributed by atoms with Gasteiger partial charge >= 0.3 is 5.97 Å². The molecule has 0 unspecified atom stereocenters. The van der Waals surface area contributed by atoms with Crippen LogP contribution in [0.4, 0.5) is 5.13 Å². The molecular weight excluding hydrogens is 530 g/mol. The lowest BCUT2D eigenvalue weighted by molar-refractivity contribution is -0.119. The highest BCUT2D eigenvalue weighted by molar-refractivity contribution is 9.10. The number of hydrogen-bond donors (Lipinski definition) is 1. The number of anilines is 1. The van der Waals surface area contributed by atoms with Gasteiger partial charge in [-0.25, -0.2) is 18.2 Å². The Bertz CT molecular complexity index is 1260. The second-order valence-electron chi connectivity index (χ2n) is 6.79. The van der Waals surface area contributed by atoms with Crippen LogP contribution in [0.25, 0.3) is 11.3 Å². The number of aromatic nitrogens is 1. The molecule has 0 bridgehead atoms. The average Bonchev–Trinajstić information content (AvgIpc) is 3.26. The molecule has 8 nitrogen and oxygen atoms in total. The molecule has 1 heterocycles. The maximum absolute atomic E-state index is 12.7. The summed E-state index contributed by atoms with van der Waals surface area (Å²) in [6.45, 7) is 3.57. The Morgan fingerprint density at radius 1 is 1.12 bits per heavy atom. The third-order valence-corrected chi connectivity index (χ3v) is 7.92. The van der Waals surface area contributed by atoms with E-state index in [1.165, 1.54) is 39.9 Å². The highest BCUT2D eigenvalue weighted by Gasteiger charge is 2.23. The molecule has 0 aliphatic heterocycles. The molecule has 11 heteroatoms. The van der Waals surface area contributed by atoms with Crippen LogP contribution in [0.15, 0.2) is 63.3 Å². The van der Waals surface area contributed by atoms with Gasteiger partial charge in [0.2, 0.25) is 10.0 Å². The molecular formula is C22H22BrN3O5S2. The first-order valence-corrected chi connectivity index (χ1v) is 13.1. The smallest absolute Gasteiger partial charge is 0.338 e. The highest BCUT2D eigenvalue weighted by Crippen LogP contribution is 2.27. The molecule has 33 heavy (non-hydrogen) atoms. The zero-order valence-electron chi connectivity index (χ0n) is 17.9. The van der Waals surface area contributed by atoms with E-state index in [-0.39, 0.29) is 10.5 Å². The van der Waals surface area contributed by atoms with Gasteiger partial charge in [-0.1, -0.05) is 48.0 Å². The Kier molecular flexibility index (Phi) is 8.35. The van der Waals surface area contributed by atoms with Crippen LogP contribution in [0.3, 0.4) is 0 Å². The molecule has 174 valence electrons. The molecule has 3 rings (SSSR count). The summed E-state index contributed by atoms with van der Waals surface area (Å²) < 4.78 is 32.6. The predicted molar refractivity (Wildman–Crippen MR) is 131 cm³/mol. The van der Waals surface area contributed by atoms with E-state index in [2.05, 4.69) is 26.2 Å². The molecule has 0 saturated carbocycles. The maximum atomic E-state index is 12.7. The lowest BCUT2D eigenvalue weighted by atomic mass is 10.2. The lowest BCUT2D eigenvalue weighted by Gasteiger charge is -2.18. The van der Waals surface area contributed by atoms with Crippen LogP contribution in [0.1, 0.15) is 24.2 Å². The number of amides is 1. The Morgan fingerprint density at radius 3 is 2.55 bits per heavy atom. The van der Waals surface area contributed by atoms with E-state index in [1.54, 1.807) is 13.8 Å². The fraction of sp³-hybridized carbons (Fsp3) is 0.227. The molecule has 0 saturated heterocycles. The summed E-state index contributed by atoms with van der Waals surface area (Å²) in [6, 6.07) is 13.2. The number of nitrogens with zero attached hydrogens (tertiary/aromatic N) is 2. The van der Waals surface area contributed by atoms with Crippen LogP contribution < -0.4 is 5.32 Å². The van der Waals surface area contributed by atoms with Crippen LogP contribution in [0.5, 0.6) is 0 Å². The maximum Gasteiger partial charge on any atom is 0.338 e. The van der Waals surface area contributed by atoms with E-state index in [0.29, 0.717) is 23.9 Å². The minimum Gasteiger partial charge on any atom is -0.452 e. The number of sulfonamides is 1. The molecule has 0 aliphatic carbocycles. The zero-order chi connectivity index (χ0) is 24.0. The van der Waals surface area contributed by atoms with Crippen molar-refractivity contribution in [2.75, 3.05) is 25.0 Å². The van der Waals surface area contributed by atoms with Crippen molar-refractivity contribution >= 4 is 54.3 Å². The van der Waals surface area contributed by atoms with Crippen molar-refractivity contribution in [1.29, 1.82) is 0 Å². The van der Waals surface area contributed by atoms with E-state index in [1.807, 2.05) is 29.6 Å². The van der Waals surface area contributed by atoms with Crippen molar-refractivity contribution in [2.45, 2.75) is 18.7 Å². The van der Waals surface area contributed by atoms with Crippen molar-refractivity contribution in [3.05, 3.63) is 63.9 Å². The summed E-state index contributed by atoms with van der Waals surface area (Å²) in [4.78, 5) is 29.0. The average molecular weight is 552 g/mol. The number of rotatable bonds is 9. The SMILES string of the molecule is CCN(CC)S(=O)(=O)c1cccc(C(=O)OCC(=O)Nc2nc(-c3cccc(Br)c3)cs2)c1. The van der Waals surface area contributed by atoms with Crippen molar-refractivity contribution < 1.29 is 22.7 Å². The van der Waals surface area contributed by atoms with Gasteiger partial charge < -0.3 is 4.74 Å². The van der Waals surface area contributed by atoms with Gasteiger partial charge in [-0.2, -0.15) is 4.31 Å². The van der Waals surface area contributed by atoms with Crippen molar-refractivity contribution in [1.82, 2.24) is 9.29 Å². The number of hydrogen-bond acceptors (Lipinski definition) is 7. The number of ether oxygens (including phenoxy) is 1. The Morgan fingerprint density at radius 2 is 1.85 bits per heavy atom. The third kappa shape index (κ3) is 6.26. The summed E-state index contributed by atoms with van der Waals surface area (Å²) in [6.07, 6.45) is 0. The molecule has 3 aromatic rings. The normalized spacial score (nSPS) is 11.4. The van der Waals surface area contributed by atoms with E-state index in [4.69, 9.17) is 4.74 Å². The summed E-state index contributed by atoms with van der Waals surface area (Å²) in [5.41, 5.74) is 1.65. The Hall–Kier alpha value is -2.60. The number of halogens is 1. The minimum atomic E-state index is -3.72. The van der Waals surface area contributed by atoms with Gasteiger partial charge in [0.05, 0.1) is 16.2 Å². The molecule has 0 fully saturated rings. The molecule has 1 aromatic heterocycles. The molecule has 2 aromatic carbocycles. The number of benzene rings is 2. The first kappa shape index (κ1) is 25.0. The van der Waals surface area contributed by atoms with Crippen LogP contribution in [0.2, 0.25) is 0 Å². The van der Waals surface area contributed by atoms with Gasteiger partial charge in [0, 0.05) is 28.5 Å². The van der Waals surface area contributed by atoms with E-state index >= 15 is 0 Å². The van der Waals surface area contributed by atoms with Gasteiger partial charge in [0.1, 0.15) is 0 Å². The highest BCUT2D eigenvalue weighted by atomic mass is 79.9. The fourth-order valence-electron chi connectivity index (χ4n) is 2.98. The number of thiazole rings is 1. The Labute approximate surface area is 204 Å². The first-order chi connectivity index (χ1) is 15.7. The molecule has 1 amide bonds. The van der Waals surface area contributed by atoms with Crippen LogP contribution in [0, 0.1) is 0 Å². The van der Waals surface area contributed by atoms with Crippen LogP contribution >= 0.6 is 27.3 Å². The monoisotopic (exact) mass is 551 g/mol. The topological polar surface area (TPSA) is 106 Å². The first-order valence-electron chi connectivity index (χ1n) is 10.0. The minimum absolute atomic E-state index is 0.00651. The number of carbonyl (C=O) groups excluding carboxylic acids is 2. The third-order valence-electron chi connectivity index (χ3n) is 4.62. The second kappa shape index (κ2) is 11.0. The summed E-state index contributed by atoms with van der Waals surface area (Å²) >= 11 is 4.66. The predicted octanol–water partition coefficient (Wildman–Crippen LogP) is 4.40. The largest absolute Gasteiger partial charge is 0.452 e. The molecule has 0 radical (unpaired) electrons. The summed E-state index contributed by atoms with van der Waals surface area (Å²) in [7, 11) is -3.72. The molecule has 0 spiro atoms. The number of nitrogens with one attached hydrogen (secondary N) is 1. The lowest BCUT2D eigenvalue weighted by Crippen LogP contribution is -2.30. The van der Waals surface area contributed by atoms with Crippen molar-refractivity contribution in [3.8, 4) is 11.3 Å². The summed E-state index contributed by atoms with van der Waals surface area (Å²) in [5, 5.41) is 4.78. The van der Waals surface area contributed by atoms with Gasteiger partial charge in [0.25, 0.3) is 5.91 Å². The van der Waals surface area contributed by atoms with Crippen molar-refractivity contribution in [2.24, 2.45) is 0 Å². The second-order valence-corrected chi connectivity index (χ2v) is 10.5. The van der Waals surface area contributed by atoms with Gasteiger partial charge in [0.15, 0.2) is 11.7 Å². The molecule has 0 atom stereocenters. The zero-order valence-corrected chi connectivity index (χ0v) is 21.2. The quantitative estimate of drug-likeness (QED) is 0.395. The van der Waals surface area contributed by atoms with Crippen LogP contribution in [-0.2, 0) is 19.6 Å². The Balaban J connectivity index is 1.61. The van der Waals surface area contributed by atoms with Gasteiger partial charge in [-0.05, 0) is 30.3 Å². The number of esters is 1. The van der Waals surface area contributed by atoms with Gasteiger partial charge in [-0.3, -0.25) is 10.1 Å². The summed E-state index contributed by atoms with van der Waals surface area (Å²) in [5.74, 6) is -1.35. The number of carbonyl (C=O) groups is 2. The van der Waals surface area contributed by atoms with Gasteiger partial charge in [-0.15, -0.1) is 11.3 Å². The van der Waals surface area contributed by atoms with Crippen molar-refractivity contribution in [3.63, 3.8) is 0 Å². The van der Waals surface area contributed by atoms with E-state index in [0.717, 1.165) is 10.0 Å². The fourth-order valence-corrected chi connectivity index (χ4v) is 5.62. The van der Waals surface area contributed by atoms with Crippen LogP contribution in [-0.4, -0.2) is 49.3 Å². The van der Waals surface area contributed by atoms with E-state index in [9.17, 15) is 18.0 Å². The van der Waals surface area contributed by atoms with E-state index < -0.39 is 28.5 Å².